The second-order valence-electron chi connectivity index (χ2n) is 20.3. The molecule has 70 heavy (non-hydrogen) atoms. The fraction of sp³-hybridized carbons (Fsp3) is 0.700. The number of nitrogens with one attached hydrogen (secondary N) is 6. The van der Waals surface area contributed by atoms with Crippen molar-refractivity contribution in [2.45, 2.75) is 162 Å². The maximum Gasteiger partial charge on any atom is 0.410 e. The van der Waals surface area contributed by atoms with Gasteiger partial charge in [-0.05, 0) is 70.3 Å². The van der Waals surface area contributed by atoms with Crippen LogP contribution in [0.5, 0.6) is 0 Å². The van der Waals surface area contributed by atoms with Crippen LogP contribution in [0.3, 0.4) is 0 Å². The monoisotopic (exact) mass is 983 g/mol. The predicted molar refractivity (Wildman–Crippen MR) is 258 cm³/mol. The second-order valence-corrected chi connectivity index (χ2v) is 20.3. The zero-order valence-electron chi connectivity index (χ0n) is 42.4. The number of unbranched alkanes of at least 4 members (excludes halogenated alkanes) is 3. The first kappa shape index (κ1) is 56.6. The number of alkyl carbamates (subject to hydrolysis) is 1. The van der Waals surface area contributed by atoms with Crippen molar-refractivity contribution in [1.82, 2.24) is 41.7 Å². The van der Waals surface area contributed by atoms with Crippen molar-refractivity contribution >= 4 is 53.6 Å². The number of amides is 8. The van der Waals surface area contributed by atoms with Gasteiger partial charge in [-0.2, -0.15) is 0 Å². The molecule has 0 spiro atoms. The van der Waals surface area contributed by atoms with Crippen molar-refractivity contribution in [3.05, 3.63) is 35.9 Å². The molecule has 6 atom stereocenters. The second kappa shape index (κ2) is 27.4. The molecular weight excluding hydrogens is 905 g/mol. The van der Waals surface area contributed by atoms with Crippen LogP contribution in [0.2, 0.25) is 0 Å². The number of hydrogen-bond donors (Lipinski definition) is 6. The summed E-state index contributed by atoms with van der Waals surface area (Å²) in [7, 11) is 1.52. The lowest BCUT2D eigenvalue weighted by Crippen LogP contribution is -2.63. The first-order valence-electron chi connectivity index (χ1n) is 25.0. The van der Waals surface area contributed by atoms with E-state index in [9.17, 15) is 43.2 Å². The van der Waals surface area contributed by atoms with Gasteiger partial charge in [-0.1, -0.05) is 96.6 Å². The molecule has 1 saturated carbocycles. The van der Waals surface area contributed by atoms with Gasteiger partial charge in [0.15, 0.2) is 0 Å². The number of esters is 1. The number of cyclic esters (lactones) is 1. The Morgan fingerprint density at radius 3 is 2.11 bits per heavy atom. The average Bonchev–Trinajstić information content (AvgIpc) is 3.30. The molecule has 2 saturated heterocycles. The van der Waals surface area contributed by atoms with Crippen molar-refractivity contribution in [3.63, 3.8) is 0 Å². The van der Waals surface area contributed by atoms with E-state index in [4.69, 9.17) is 14.2 Å². The van der Waals surface area contributed by atoms with Gasteiger partial charge in [0.25, 0.3) is 0 Å². The smallest absolute Gasteiger partial charge is 0.410 e. The fourth-order valence-corrected chi connectivity index (χ4v) is 8.69. The molecular formula is C50H78N8O12. The van der Waals surface area contributed by atoms with Gasteiger partial charge in [0.1, 0.15) is 49.0 Å². The summed E-state index contributed by atoms with van der Waals surface area (Å²) in [4.78, 5) is 127. The zero-order chi connectivity index (χ0) is 51.5. The number of ether oxygens (including phenoxy) is 3. The number of carbonyl (C=O) groups is 9. The molecule has 0 aromatic heterocycles. The molecule has 0 unspecified atom stereocenters. The quantitative estimate of drug-likeness (QED) is 0.0840. The van der Waals surface area contributed by atoms with Gasteiger partial charge >= 0.3 is 18.2 Å². The van der Waals surface area contributed by atoms with Crippen LogP contribution in [0, 0.1) is 23.7 Å². The average molecular weight is 983 g/mol. The third kappa shape index (κ3) is 18.1. The molecule has 1 aromatic rings. The van der Waals surface area contributed by atoms with Gasteiger partial charge in [-0.3, -0.25) is 33.6 Å². The van der Waals surface area contributed by atoms with Crippen molar-refractivity contribution < 1.29 is 57.4 Å². The Balaban J connectivity index is 1.69. The Labute approximate surface area is 412 Å². The number of rotatable bonds is 15. The van der Waals surface area contributed by atoms with E-state index in [2.05, 4.69) is 38.8 Å². The molecule has 0 bridgehead atoms. The van der Waals surface area contributed by atoms with Crippen molar-refractivity contribution in [2.75, 3.05) is 39.8 Å². The minimum Gasteiger partial charge on any atom is -0.460 e. The molecule has 20 heteroatoms. The van der Waals surface area contributed by atoms with Gasteiger partial charge in [0.2, 0.25) is 35.4 Å². The van der Waals surface area contributed by atoms with Crippen molar-refractivity contribution in [3.8, 4) is 0 Å². The SMILES string of the molecule is CCCCCC[C@@H]1OC(=O)CNC(=O)[C@H](CNC(=O)C2CN(C(=O)OC(C)(C)C)C2)NC(=O)[C@H](CNC(=O)OCc2ccccc2)NC(=O)[C@H](C2CCCCC2)NC(=O)[C@H](CC(C)C)N(C)C(=O)[C@@H]1C. The number of hydrogen-bond acceptors (Lipinski definition) is 12. The number of carbonyl (C=O) groups excluding carboxylic acids is 9. The van der Waals surface area contributed by atoms with Crippen LogP contribution in [0.15, 0.2) is 30.3 Å². The molecule has 3 aliphatic rings. The van der Waals surface area contributed by atoms with Crippen molar-refractivity contribution in [2.24, 2.45) is 23.7 Å². The van der Waals surface area contributed by atoms with Crippen molar-refractivity contribution in [1.29, 1.82) is 0 Å². The Hall–Kier alpha value is -5.95. The summed E-state index contributed by atoms with van der Waals surface area (Å²) in [5.74, 6) is -6.98. The summed E-state index contributed by atoms with van der Waals surface area (Å²) in [6.07, 6.45) is 5.15. The van der Waals surface area contributed by atoms with E-state index in [1.165, 1.54) is 16.8 Å². The Bertz CT molecular complexity index is 1950. The van der Waals surface area contributed by atoms with Crippen LogP contribution < -0.4 is 31.9 Å². The largest absolute Gasteiger partial charge is 0.460 e. The molecule has 1 aliphatic carbocycles. The lowest BCUT2D eigenvalue weighted by molar-refractivity contribution is -0.157. The van der Waals surface area contributed by atoms with E-state index in [1.807, 2.05) is 13.8 Å². The molecule has 2 heterocycles. The van der Waals surface area contributed by atoms with E-state index in [-0.39, 0.29) is 38.0 Å². The number of likely N-dealkylation sites (N-methyl/N-ethyl adjacent to an activating group) is 1. The minimum absolute atomic E-state index is 0.0448. The van der Waals surface area contributed by atoms with Crippen LogP contribution in [0.1, 0.15) is 125 Å². The van der Waals surface area contributed by atoms with Gasteiger partial charge in [0, 0.05) is 26.7 Å². The highest BCUT2D eigenvalue weighted by Gasteiger charge is 2.41. The summed E-state index contributed by atoms with van der Waals surface area (Å²) >= 11 is 0. The maximum atomic E-state index is 14.6. The number of likely N-dealkylation sites (tertiary alicyclic amines) is 1. The first-order chi connectivity index (χ1) is 33.2. The van der Waals surface area contributed by atoms with E-state index in [0.29, 0.717) is 31.2 Å². The molecule has 6 N–H and O–H groups in total. The molecule has 20 nitrogen and oxygen atoms in total. The zero-order valence-corrected chi connectivity index (χ0v) is 42.4. The topological polar surface area (TPSA) is 260 Å². The minimum atomic E-state index is -1.57. The molecule has 3 fully saturated rings. The van der Waals surface area contributed by atoms with E-state index in [0.717, 1.165) is 38.5 Å². The van der Waals surface area contributed by atoms with Crippen LogP contribution in [0.25, 0.3) is 0 Å². The highest BCUT2D eigenvalue weighted by molar-refractivity contribution is 5.97. The molecule has 1 aromatic carbocycles. The number of benzene rings is 1. The van der Waals surface area contributed by atoms with Crippen LogP contribution in [-0.4, -0.2) is 139 Å². The predicted octanol–water partition coefficient (Wildman–Crippen LogP) is 3.45. The van der Waals surface area contributed by atoms with Gasteiger partial charge in [0.05, 0.1) is 18.4 Å². The fourth-order valence-electron chi connectivity index (χ4n) is 8.69. The standard InChI is InChI=1S/C50H78N8O12/c1-9-10-11-18-23-39-32(4)47(65)57(8)38(24-31(2)3)45(63)56-41(34-21-16-13-17-22-34)46(64)55-37(26-53-48(66)68-30-33-19-14-12-15-20-33)44(62)54-36(43(61)52-27-40(59)69-39)25-51-42(60)35-28-58(29-35)49(67)70-50(5,6)7/h12,14-15,19-20,31-32,34-39,41H,9-11,13,16-18,21-30H2,1-8H3,(H,51,60)(H,52,61)(H,53,66)(H,54,62)(H,55,64)(H,56,63)/t32-,36+,37+,38+,39+,41+/m1/s1. The van der Waals surface area contributed by atoms with Gasteiger partial charge < -0.3 is 55.9 Å². The lowest BCUT2D eigenvalue weighted by Gasteiger charge is -2.38. The lowest BCUT2D eigenvalue weighted by atomic mass is 9.83. The van der Waals surface area contributed by atoms with Crippen LogP contribution in [-0.2, 0) is 54.4 Å². The summed E-state index contributed by atoms with van der Waals surface area (Å²) < 4.78 is 16.7. The number of nitrogens with zero attached hydrogens (tertiary/aromatic N) is 2. The first-order valence-corrected chi connectivity index (χ1v) is 25.0. The molecule has 0 radical (unpaired) electrons. The molecule has 4 rings (SSSR count). The van der Waals surface area contributed by atoms with Gasteiger partial charge in [-0.25, -0.2) is 9.59 Å². The summed E-state index contributed by atoms with van der Waals surface area (Å²) in [6.45, 7) is 11.0. The molecule has 390 valence electrons. The van der Waals surface area contributed by atoms with E-state index >= 15 is 0 Å². The Morgan fingerprint density at radius 2 is 1.47 bits per heavy atom. The maximum absolute atomic E-state index is 14.6. The van der Waals surface area contributed by atoms with E-state index in [1.54, 1.807) is 58.0 Å². The highest BCUT2D eigenvalue weighted by atomic mass is 16.6. The van der Waals surface area contributed by atoms with Crippen LogP contribution >= 0.6 is 0 Å². The summed E-state index contributed by atoms with van der Waals surface area (Å²) in [6, 6.07) is 3.55. The summed E-state index contributed by atoms with van der Waals surface area (Å²) in [5, 5.41) is 15.9. The molecule has 8 amide bonds. The Morgan fingerprint density at radius 1 is 0.829 bits per heavy atom. The van der Waals surface area contributed by atoms with Crippen LogP contribution in [0.4, 0.5) is 9.59 Å². The van der Waals surface area contributed by atoms with Gasteiger partial charge in [-0.15, -0.1) is 0 Å². The highest BCUT2D eigenvalue weighted by Crippen LogP contribution is 2.28. The third-order valence-corrected chi connectivity index (χ3v) is 12.8. The normalized spacial score (nSPS) is 24.1. The van der Waals surface area contributed by atoms with E-state index < -0.39 is 121 Å². The third-order valence-electron chi connectivity index (χ3n) is 12.8. The molecule has 2 aliphatic heterocycles. The summed E-state index contributed by atoms with van der Waals surface area (Å²) in [5.41, 5.74) is -0.0517. The Kier molecular flexibility index (Phi) is 22.2.